The van der Waals surface area contributed by atoms with E-state index >= 15 is 0 Å². The van der Waals surface area contributed by atoms with E-state index in [-0.39, 0.29) is 0 Å². The van der Waals surface area contributed by atoms with E-state index < -0.39 is 12.1 Å². The van der Waals surface area contributed by atoms with Crippen LogP contribution < -0.4 is 4.74 Å². The molecular formula is C12H11NO3S. The molecule has 0 aliphatic carbocycles. The van der Waals surface area contributed by atoms with Crippen molar-refractivity contribution in [3.8, 4) is 17.0 Å². The Hall–Kier alpha value is -1.88. The normalized spacial score (nSPS) is 12.1. The molecule has 1 heterocycles. The molecule has 1 aromatic heterocycles. The second kappa shape index (κ2) is 4.97. The largest absolute Gasteiger partial charge is 0.479 e. The zero-order valence-corrected chi connectivity index (χ0v) is 9.98. The Morgan fingerprint density at radius 1 is 1.53 bits per heavy atom. The van der Waals surface area contributed by atoms with E-state index in [1.807, 2.05) is 17.5 Å². The summed E-state index contributed by atoms with van der Waals surface area (Å²) in [4.78, 5) is 14.9. The predicted molar refractivity (Wildman–Crippen MR) is 65.3 cm³/mol. The molecule has 88 valence electrons. The fourth-order valence-corrected chi connectivity index (χ4v) is 1.90. The molecule has 0 bridgehead atoms. The first-order valence-electron chi connectivity index (χ1n) is 5.05. The Bertz CT molecular complexity index is 510. The summed E-state index contributed by atoms with van der Waals surface area (Å²) in [5.74, 6) is -0.450. The Balaban J connectivity index is 2.20. The minimum atomic E-state index is -0.982. The number of benzene rings is 1. The monoisotopic (exact) mass is 249 g/mol. The average Bonchev–Trinajstić information content (AvgIpc) is 2.82. The van der Waals surface area contributed by atoms with Crippen LogP contribution in [0.1, 0.15) is 6.92 Å². The van der Waals surface area contributed by atoms with Crippen molar-refractivity contribution < 1.29 is 14.6 Å². The summed E-state index contributed by atoms with van der Waals surface area (Å²) in [7, 11) is 0. The number of thiazole rings is 1. The predicted octanol–water partition coefficient (Wildman–Crippen LogP) is 2.66. The SMILES string of the molecule is CC(Oc1cccc(-c2cscn2)c1)C(=O)O. The maximum atomic E-state index is 10.7. The molecule has 1 N–H and O–H groups in total. The number of nitrogens with zero attached hydrogens (tertiary/aromatic N) is 1. The molecule has 1 atom stereocenters. The van der Waals surface area contributed by atoms with Gasteiger partial charge in [0.15, 0.2) is 6.10 Å². The van der Waals surface area contributed by atoms with E-state index in [2.05, 4.69) is 4.98 Å². The van der Waals surface area contributed by atoms with E-state index in [1.165, 1.54) is 18.3 Å². The third-order valence-corrected chi connectivity index (χ3v) is 2.81. The van der Waals surface area contributed by atoms with Crippen LogP contribution in [0.3, 0.4) is 0 Å². The minimum absolute atomic E-state index is 0.533. The highest BCUT2D eigenvalue weighted by atomic mass is 32.1. The van der Waals surface area contributed by atoms with Gasteiger partial charge in [0, 0.05) is 10.9 Å². The lowest BCUT2D eigenvalue weighted by molar-refractivity contribution is -0.144. The van der Waals surface area contributed by atoms with Gasteiger partial charge in [0.05, 0.1) is 11.2 Å². The standard InChI is InChI=1S/C12H11NO3S/c1-8(12(14)15)16-10-4-2-3-9(5-10)11-6-17-7-13-11/h2-8H,1H3,(H,14,15). The molecule has 2 aromatic rings. The molecule has 0 aliphatic rings. The first-order valence-corrected chi connectivity index (χ1v) is 5.99. The number of ether oxygens (including phenoxy) is 1. The van der Waals surface area contributed by atoms with Gasteiger partial charge in [-0.3, -0.25) is 0 Å². The second-order valence-electron chi connectivity index (χ2n) is 3.50. The van der Waals surface area contributed by atoms with Crippen LogP contribution in [0, 0.1) is 0 Å². The summed E-state index contributed by atoms with van der Waals surface area (Å²) in [5.41, 5.74) is 3.53. The molecule has 2 rings (SSSR count). The molecule has 0 saturated carbocycles. The summed E-state index contributed by atoms with van der Waals surface area (Å²) in [6.07, 6.45) is -0.860. The summed E-state index contributed by atoms with van der Waals surface area (Å²) >= 11 is 1.51. The van der Waals surface area contributed by atoms with Crippen LogP contribution in [-0.2, 0) is 4.79 Å². The third-order valence-electron chi connectivity index (χ3n) is 2.22. The molecule has 1 aromatic carbocycles. The van der Waals surface area contributed by atoms with Crippen molar-refractivity contribution in [2.45, 2.75) is 13.0 Å². The number of aliphatic carboxylic acids is 1. The van der Waals surface area contributed by atoms with Gasteiger partial charge in [-0.2, -0.15) is 0 Å². The van der Waals surface area contributed by atoms with Gasteiger partial charge in [0.25, 0.3) is 0 Å². The van der Waals surface area contributed by atoms with Gasteiger partial charge in [0.1, 0.15) is 5.75 Å². The van der Waals surface area contributed by atoms with E-state index in [1.54, 1.807) is 17.6 Å². The van der Waals surface area contributed by atoms with Crippen LogP contribution in [0.25, 0.3) is 11.3 Å². The molecule has 17 heavy (non-hydrogen) atoms. The first-order chi connectivity index (χ1) is 8.16. The van der Waals surface area contributed by atoms with Gasteiger partial charge < -0.3 is 9.84 Å². The quantitative estimate of drug-likeness (QED) is 0.905. The zero-order chi connectivity index (χ0) is 12.3. The average molecular weight is 249 g/mol. The van der Waals surface area contributed by atoms with Crippen LogP contribution in [0.2, 0.25) is 0 Å². The van der Waals surface area contributed by atoms with Crippen LogP contribution in [-0.4, -0.2) is 22.2 Å². The van der Waals surface area contributed by atoms with Crippen LogP contribution in [0.5, 0.6) is 5.75 Å². The van der Waals surface area contributed by atoms with Gasteiger partial charge in [-0.15, -0.1) is 11.3 Å². The number of rotatable bonds is 4. The lowest BCUT2D eigenvalue weighted by Crippen LogP contribution is -2.22. The van der Waals surface area contributed by atoms with Crippen LogP contribution in [0.15, 0.2) is 35.2 Å². The maximum Gasteiger partial charge on any atom is 0.344 e. The number of carbonyl (C=O) groups is 1. The summed E-state index contributed by atoms with van der Waals surface area (Å²) < 4.78 is 5.29. The number of hydrogen-bond donors (Lipinski definition) is 1. The van der Waals surface area contributed by atoms with Gasteiger partial charge in [-0.05, 0) is 19.1 Å². The van der Waals surface area contributed by atoms with Crippen molar-refractivity contribution in [1.82, 2.24) is 4.98 Å². The van der Waals surface area contributed by atoms with Crippen molar-refractivity contribution in [1.29, 1.82) is 0 Å². The number of carboxylic acids is 1. The van der Waals surface area contributed by atoms with E-state index in [0.717, 1.165) is 11.3 Å². The summed E-state index contributed by atoms with van der Waals surface area (Å²) in [6.45, 7) is 1.50. The Morgan fingerprint density at radius 3 is 3.00 bits per heavy atom. The third kappa shape index (κ3) is 2.82. The van der Waals surface area contributed by atoms with Crippen LogP contribution >= 0.6 is 11.3 Å². The van der Waals surface area contributed by atoms with E-state index in [0.29, 0.717) is 5.75 Å². The molecule has 4 nitrogen and oxygen atoms in total. The highest BCUT2D eigenvalue weighted by molar-refractivity contribution is 7.07. The summed E-state index contributed by atoms with van der Waals surface area (Å²) in [6, 6.07) is 7.25. The van der Waals surface area contributed by atoms with E-state index in [4.69, 9.17) is 9.84 Å². The van der Waals surface area contributed by atoms with Gasteiger partial charge >= 0.3 is 5.97 Å². The van der Waals surface area contributed by atoms with Crippen molar-refractivity contribution >= 4 is 17.3 Å². The molecule has 0 radical (unpaired) electrons. The molecule has 0 amide bonds. The minimum Gasteiger partial charge on any atom is -0.479 e. The van der Waals surface area contributed by atoms with Crippen molar-refractivity contribution in [2.24, 2.45) is 0 Å². The molecule has 0 fully saturated rings. The molecule has 0 saturated heterocycles. The van der Waals surface area contributed by atoms with Crippen molar-refractivity contribution in [3.63, 3.8) is 0 Å². The second-order valence-corrected chi connectivity index (χ2v) is 4.22. The Labute approximate surface area is 103 Å². The topological polar surface area (TPSA) is 59.4 Å². The fraction of sp³-hybridized carbons (Fsp3) is 0.167. The number of aromatic nitrogens is 1. The number of hydrogen-bond acceptors (Lipinski definition) is 4. The van der Waals surface area contributed by atoms with Crippen molar-refractivity contribution in [3.05, 3.63) is 35.2 Å². The smallest absolute Gasteiger partial charge is 0.344 e. The highest BCUT2D eigenvalue weighted by Gasteiger charge is 2.12. The fourth-order valence-electron chi connectivity index (χ4n) is 1.34. The molecule has 5 heteroatoms. The van der Waals surface area contributed by atoms with Gasteiger partial charge in [-0.1, -0.05) is 12.1 Å². The first kappa shape index (κ1) is 11.6. The Kier molecular flexibility index (Phi) is 3.39. The zero-order valence-electron chi connectivity index (χ0n) is 9.16. The maximum absolute atomic E-state index is 10.7. The van der Waals surface area contributed by atoms with Crippen LogP contribution in [0.4, 0.5) is 0 Å². The summed E-state index contributed by atoms with van der Waals surface area (Å²) in [5, 5.41) is 10.7. The number of carboxylic acid groups (broad SMARTS) is 1. The van der Waals surface area contributed by atoms with Crippen molar-refractivity contribution in [2.75, 3.05) is 0 Å². The molecule has 0 aliphatic heterocycles. The molecule has 1 unspecified atom stereocenters. The van der Waals surface area contributed by atoms with Gasteiger partial charge in [0.2, 0.25) is 0 Å². The lowest BCUT2D eigenvalue weighted by Gasteiger charge is -2.10. The van der Waals surface area contributed by atoms with E-state index in [9.17, 15) is 4.79 Å². The Morgan fingerprint density at radius 2 is 2.35 bits per heavy atom. The van der Waals surface area contributed by atoms with Gasteiger partial charge in [-0.25, -0.2) is 9.78 Å². The molecule has 0 spiro atoms. The highest BCUT2D eigenvalue weighted by Crippen LogP contribution is 2.24. The molecular weight excluding hydrogens is 238 g/mol. The lowest BCUT2D eigenvalue weighted by atomic mass is 10.1.